The zero-order chi connectivity index (χ0) is 23.0. The molecule has 1 amide bonds. The van der Waals surface area contributed by atoms with Crippen LogP contribution in [-0.2, 0) is 17.4 Å². The average Bonchev–Trinajstić information content (AvgIpc) is 2.82. The molecule has 1 aliphatic rings. The van der Waals surface area contributed by atoms with Crippen LogP contribution in [0.4, 0.5) is 24.5 Å². The summed E-state index contributed by atoms with van der Waals surface area (Å²) in [5, 5.41) is 0. The number of carbonyl (C=O) groups excluding carboxylic acids is 1. The highest BCUT2D eigenvalue weighted by atomic mass is 32.2. The van der Waals surface area contributed by atoms with Crippen LogP contribution >= 0.6 is 11.8 Å². The Hall–Kier alpha value is -3.51. The molecule has 1 heterocycles. The zero-order valence-corrected chi connectivity index (χ0v) is 18.2. The molecule has 0 N–H and O–H groups in total. The number of fused-ring (bicyclic) bond motifs is 2. The van der Waals surface area contributed by atoms with Gasteiger partial charge in [0.2, 0.25) is 5.91 Å². The van der Waals surface area contributed by atoms with Gasteiger partial charge in [-0.2, -0.15) is 13.2 Å². The lowest BCUT2D eigenvalue weighted by Gasteiger charge is -2.31. The Labute approximate surface area is 193 Å². The lowest BCUT2D eigenvalue weighted by molar-refractivity contribution is -0.137. The highest BCUT2D eigenvalue weighted by molar-refractivity contribution is 7.99. The van der Waals surface area contributed by atoms with E-state index in [4.69, 9.17) is 0 Å². The number of benzene rings is 4. The molecule has 2 nitrogen and oxygen atoms in total. The molecule has 6 heteroatoms. The van der Waals surface area contributed by atoms with E-state index < -0.39 is 11.7 Å². The van der Waals surface area contributed by atoms with Gasteiger partial charge in [-0.25, -0.2) is 0 Å². The van der Waals surface area contributed by atoms with Crippen molar-refractivity contribution in [1.29, 1.82) is 0 Å². The van der Waals surface area contributed by atoms with Crippen molar-refractivity contribution in [3.8, 4) is 11.1 Å². The van der Waals surface area contributed by atoms with Gasteiger partial charge in [-0.15, -0.1) is 0 Å². The van der Waals surface area contributed by atoms with Gasteiger partial charge in [0.25, 0.3) is 0 Å². The van der Waals surface area contributed by atoms with Crippen LogP contribution < -0.4 is 4.90 Å². The third-order valence-electron chi connectivity index (χ3n) is 5.56. The summed E-state index contributed by atoms with van der Waals surface area (Å²) >= 11 is 1.63. The minimum Gasteiger partial charge on any atom is -0.278 e. The first-order valence-corrected chi connectivity index (χ1v) is 11.2. The molecule has 1 aliphatic heterocycles. The summed E-state index contributed by atoms with van der Waals surface area (Å²) in [6, 6.07) is 27.9. The van der Waals surface area contributed by atoms with Gasteiger partial charge in [-0.3, -0.25) is 9.69 Å². The number of rotatable bonds is 3. The van der Waals surface area contributed by atoms with Crippen molar-refractivity contribution < 1.29 is 18.0 Å². The molecular formula is C27H18F3NOS. The quantitative estimate of drug-likeness (QED) is 0.311. The second kappa shape index (κ2) is 8.45. The molecule has 5 rings (SSSR count). The van der Waals surface area contributed by atoms with Crippen LogP contribution in [0.1, 0.15) is 11.1 Å². The van der Waals surface area contributed by atoms with E-state index in [9.17, 15) is 18.0 Å². The van der Waals surface area contributed by atoms with Crippen LogP contribution in [0.25, 0.3) is 11.1 Å². The summed E-state index contributed by atoms with van der Waals surface area (Å²) in [5.41, 5.74) is 3.11. The first-order valence-electron chi connectivity index (χ1n) is 10.4. The second-order valence-corrected chi connectivity index (χ2v) is 8.76. The highest BCUT2D eigenvalue weighted by Gasteiger charge is 2.30. The molecule has 0 unspecified atom stereocenters. The summed E-state index contributed by atoms with van der Waals surface area (Å²) < 4.78 is 38.9. The Morgan fingerprint density at radius 2 is 1.27 bits per heavy atom. The van der Waals surface area contributed by atoms with E-state index >= 15 is 0 Å². The Morgan fingerprint density at radius 3 is 1.88 bits per heavy atom. The van der Waals surface area contributed by atoms with Crippen molar-refractivity contribution in [2.45, 2.75) is 22.4 Å². The third-order valence-corrected chi connectivity index (χ3v) is 6.69. The van der Waals surface area contributed by atoms with Crippen molar-refractivity contribution in [3.63, 3.8) is 0 Å². The number of para-hydroxylation sites is 2. The van der Waals surface area contributed by atoms with Gasteiger partial charge in [0.1, 0.15) is 0 Å². The van der Waals surface area contributed by atoms with Crippen molar-refractivity contribution in [1.82, 2.24) is 0 Å². The predicted molar refractivity (Wildman–Crippen MR) is 125 cm³/mol. The normalized spacial score (nSPS) is 12.8. The number of hydrogen-bond donors (Lipinski definition) is 0. The number of halogens is 3. The molecule has 0 bridgehead atoms. The largest absolute Gasteiger partial charge is 0.416 e. The fourth-order valence-corrected chi connectivity index (χ4v) is 5.07. The molecule has 0 radical (unpaired) electrons. The summed E-state index contributed by atoms with van der Waals surface area (Å²) in [4.78, 5) is 17.4. The van der Waals surface area contributed by atoms with Crippen LogP contribution in [0.2, 0.25) is 0 Å². The standard InChI is InChI=1S/C27H18F3NOS/c28-27(29,30)20-15-13-18(14-16-20)21-8-2-1-7-19(21)17-26(32)31-22-9-3-5-11-24(22)33-25-12-6-4-10-23(25)31/h1-16H,17H2. The molecule has 0 aromatic heterocycles. The SMILES string of the molecule is O=C(Cc1ccccc1-c1ccc(C(F)(F)F)cc1)N1c2ccccc2Sc2ccccc21. The van der Waals surface area contributed by atoms with E-state index in [-0.39, 0.29) is 12.3 Å². The number of alkyl halides is 3. The van der Waals surface area contributed by atoms with Gasteiger partial charge >= 0.3 is 6.18 Å². The smallest absolute Gasteiger partial charge is 0.278 e. The van der Waals surface area contributed by atoms with Gasteiger partial charge in [-0.05, 0) is 53.1 Å². The number of carbonyl (C=O) groups is 1. The fraction of sp³-hybridized carbons (Fsp3) is 0.0741. The van der Waals surface area contributed by atoms with Crippen molar-refractivity contribution in [2.24, 2.45) is 0 Å². The molecule has 0 spiro atoms. The number of anilines is 2. The summed E-state index contributed by atoms with van der Waals surface area (Å²) in [6.07, 6.45) is -4.27. The third kappa shape index (κ3) is 4.14. The minimum atomic E-state index is -4.39. The monoisotopic (exact) mass is 461 g/mol. The van der Waals surface area contributed by atoms with E-state index in [2.05, 4.69) is 0 Å². The van der Waals surface area contributed by atoms with Crippen LogP contribution in [0.5, 0.6) is 0 Å². The lowest BCUT2D eigenvalue weighted by Crippen LogP contribution is -2.30. The van der Waals surface area contributed by atoms with E-state index in [1.54, 1.807) is 16.7 Å². The Balaban J connectivity index is 1.50. The van der Waals surface area contributed by atoms with E-state index in [1.165, 1.54) is 12.1 Å². The van der Waals surface area contributed by atoms with Crippen molar-refractivity contribution in [3.05, 3.63) is 108 Å². The maximum absolute atomic E-state index is 13.6. The Morgan fingerprint density at radius 1 is 0.727 bits per heavy atom. The molecule has 4 aromatic rings. The zero-order valence-electron chi connectivity index (χ0n) is 17.3. The van der Waals surface area contributed by atoms with Gasteiger partial charge < -0.3 is 0 Å². The van der Waals surface area contributed by atoms with Gasteiger partial charge in [-0.1, -0.05) is 72.4 Å². The van der Waals surface area contributed by atoms with Crippen LogP contribution in [0, 0.1) is 0 Å². The van der Waals surface area contributed by atoms with Crippen LogP contribution in [0.3, 0.4) is 0 Å². The van der Waals surface area contributed by atoms with Crippen molar-refractivity contribution in [2.75, 3.05) is 4.90 Å². The topological polar surface area (TPSA) is 20.3 Å². The molecule has 4 aromatic carbocycles. The molecule has 164 valence electrons. The molecule has 33 heavy (non-hydrogen) atoms. The fourth-order valence-electron chi connectivity index (χ4n) is 4.01. The number of hydrogen-bond acceptors (Lipinski definition) is 2. The molecule has 0 atom stereocenters. The predicted octanol–water partition coefficient (Wildman–Crippen LogP) is 7.74. The molecule has 0 aliphatic carbocycles. The number of nitrogens with zero attached hydrogens (tertiary/aromatic N) is 1. The summed E-state index contributed by atoms with van der Waals surface area (Å²) in [5.74, 6) is -0.102. The molecule has 0 saturated carbocycles. The lowest BCUT2D eigenvalue weighted by atomic mass is 9.96. The second-order valence-electron chi connectivity index (χ2n) is 7.68. The molecule has 0 fully saturated rings. The summed E-state index contributed by atoms with van der Waals surface area (Å²) in [7, 11) is 0. The minimum absolute atomic E-state index is 0.102. The molecule has 0 saturated heterocycles. The van der Waals surface area contributed by atoms with E-state index in [1.807, 2.05) is 72.8 Å². The van der Waals surface area contributed by atoms with Crippen molar-refractivity contribution >= 4 is 29.0 Å². The average molecular weight is 462 g/mol. The first-order chi connectivity index (χ1) is 15.9. The Kier molecular flexibility index (Phi) is 5.46. The van der Waals surface area contributed by atoms with Gasteiger partial charge in [0.15, 0.2) is 0 Å². The number of amides is 1. The Bertz CT molecular complexity index is 1290. The summed E-state index contributed by atoms with van der Waals surface area (Å²) in [6.45, 7) is 0. The maximum Gasteiger partial charge on any atom is 0.416 e. The van der Waals surface area contributed by atoms with Crippen LogP contribution in [-0.4, -0.2) is 5.91 Å². The van der Waals surface area contributed by atoms with Gasteiger partial charge in [0, 0.05) is 9.79 Å². The van der Waals surface area contributed by atoms with E-state index in [0.717, 1.165) is 44.4 Å². The maximum atomic E-state index is 13.6. The highest BCUT2D eigenvalue weighted by Crippen LogP contribution is 2.48. The van der Waals surface area contributed by atoms with Gasteiger partial charge in [0.05, 0.1) is 23.4 Å². The van der Waals surface area contributed by atoms with E-state index in [0.29, 0.717) is 5.56 Å². The van der Waals surface area contributed by atoms with Crippen LogP contribution in [0.15, 0.2) is 107 Å². The first kappa shape index (κ1) is 21.3. The molecular weight excluding hydrogens is 443 g/mol.